The molecule has 2 N–H and O–H groups in total. The van der Waals surface area contributed by atoms with Crippen LogP contribution in [0.15, 0.2) is 18.7 Å². The van der Waals surface area contributed by atoms with Gasteiger partial charge in [0.1, 0.15) is 0 Å². The molecule has 0 aliphatic heterocycles. The molecule has 4 nitrogen and oxygen atoms in total. The lowest BCUT2D eigenvalue weighted by atomic mass is 10.1. The van der Waals surface area contributed by atoms with Gasteiger partial charge in [0.15, 0.2) is 0 Å². The Bertz CT molecular complexity index is 480. The summed E-state index contributed by atoms with van der Waals surface area (Å²) in [4.78, 5) is 25.1. The van der Waals surface area contributed by atoms with Gasteiger partial charge in [0, 0.05) is 22.7 Å². The van der Waals surface area contributed by atoms with E-state index in [0.29, 0.717) is 6.54 Å². The molecule has 0 saturated carbocycles. The van der Waals surface area contributed by atoms with Crippen molar-refractivity contribution in [2.45, 2.75) is 33.2 Å². The molecule has 5 heteroatoms. The van der Waals surface area contributed by atoms with Gasteiger partial charge in [-0.1, -0.05) is 6.58 Å². The molecule has 0 aliphatic carbocycles. The first-order valence-electron chi connectivity index (χ1n) is 6.20. The Morgan fingerprint density at radius 1 is 1.47 bits per heavy atom. The lowest BCUT2D eigenvalue weighted by Crippen LogP contribution is -2.31. The fourth-order valence-electron chi connectivity index (χ4n) is 1.84. The highest BCUT2D eigenvalue weighted by atomic mass is 32.1. The van der Waals surface area contributed by atoms with E-state index in [4.69, 9.17) is 0 Å². The maximum atomic E-state index is 11.7. The summed E-state index contributed by atoms with van der Waals surface area (Å²) < 4.78 is 0. The third-order valence-electron chi connectivity index (χ3n) is 2.76. The standard InChI is InChI=1S/C14H20N2O2S/c1-5-13(17)15-7-6-14(18)16-10(3)12-8-9(2)19-11(12)4/h5,8,10H,1,6-7H2,2-4H3,(H,15,17)(H,16,18). The zero-order valence-corrected chi connectivity index (χ0v) is 12.4. The first kappa shape index (κ1) is 15.4. The van der Waals surface area contributed by atoms with Crippen LogP contribution in [0.3, 0.4) is 0 Å². The Hall–Kier alpha value is -1.62. The topological polar surface area (TPSA) is 58.2 Å². The van der Waals surface area contributed by atoms with Crippen LogP contribution >= 0.6 is 11.3 Å². The van der Waals surface area contributed by atoms with Gasteiger partial charge in [0.25, 0.3) is 0 Å². The largest absolute Gasteiger partial charge is 0.352 e. The SMILES string of the molecule is C=CC(=O)NCCC(=O)NC(C)c1cc(C)sc1C. The number of hydrogen-bond acceptors (Lipinski definition) is 3. The number of hydrogen-bond donors (Lipinski definition) is 2. The van der Waals surface area contributed by atoms with Crippen LogP contribution in [0.1, 0.15) is 34.7 Å². The molecule has 0 bridgehead atoms. The molecule has 1 aromatic heterocycles. The molecule has 1 rings (SSSR count). The number of thiophene rings is 1. The van der Waals surface area contributed by atoms with Crippen LogP contribution in [0, 0.1) is 13.8 Å². The molecule has 2 amide bonds. The Morgan fingerprint density at radius 3 is 2.68 bits per heavy atom. The van der Waals surface area contributed by atoms with E-state index < -0.39 is 0 Å². The van der Waals surface area contributed by atoms with E-state index in [1.165, 1.54) is 15.8 Å². The smallest absolute Gasteiger partial charge is 0.243 e. The van der Waals surface area contributed by atoms with Crippen molar-refractivity contribution in [3.05, 3.63) is 34.0 Å². The molecule has 1 heterocycles. The van der Waals surface area contributed by atoms with E-state index in [1.807, 2.05) is 6.92 Å². The van der Waals surface area contributed by atoms with Crippen molar-refractivity contribution in [1.29, 1.82) is 0 Å². The Balaban J connectivity index is 2.42. The van der Waals surface area contributed by atoms with Crippen LogP contribution in [0.4, 0.5) is 0 Å². The second-order valence-electron chi connectivity index (χ2n) is 4.40. The molecule has 19 heavy (non-hydrogen) atoms. The number of nitrogens with one attached hydrogen (secondary N) is 2. The number of amides is 2. The summed E-state index contributed by atoms with van der Waals surface area (Å²) in [5.74, 6) is -0.328. The molecule has 0 aromatic carbocycles. The monoisotopic (exact) mass is 280 g/mol. The molecular formula is C14H20N2O2S. The minimum absolute atomic E-state index is 0.00689. The zero-order chi connectivity index (χ0) is 14.4. The first-order valence-corrected chi connectivity index (χ1v) is 7.02. The molecule has 0 spiro atoms. The van der Waals surface area contributed by atoms with Crippen molar-refractivity contribution in [3.8, 4) is 0 Å². The quantitative estimate of drug-likeness (QED) is 0.785. The third kappa shape index (κ3) is 4.87. The van der Waals surface area contributed by atoms with Crippen molar-refractivity contribution in [3.63, 3.8) is 0 Å². The van der Waals surface area contributed by atoms with Crippen LogP contribution in [0.25, 0.3) is 0 Å². The van der Waals surface area contributed by atoms with Gasteiger partial charge in [-0.05, 0) is 38.5 Å². The van der Waals surface area contributed by atoms with E-state index in [9.17, 15) is 9.59 Å². The molecule has 0 fully saturated rings. The molecule has 0 aliphatic rings. The summed E-state index contributed by atoms with van der Waals surface area (Å²) in [5, 5.41) is 5.51. The number of aryl methyl sites for hydroxylation is 2. The summed E-state index contributed by atoms with van der Waals surface area (Å²) in [5.41, 5.74) is 1.16. The first-order chi connectivity index (χ1) is 8.93. The number of rotatable bonds is 6. The lowest BCUT2D eigenvalue weighted by Gasteiger charge is -2.14. The van der Waals surface area contributed by atoms with Crippen molar-refractivity contribution in [2.24, 2.45) is 0 Å². The fourth-order valence-corrected chi connectivity index (χ4v) is 2.87. The highest BCUT2D eigenvalue weighted by molar-refractivity contribution is 7.12. The van der Waals surface area contributed by atoms with Gasteiger partial charge in [-0.25, -0.2) is 0 Å². The van der Waals surface area contributed by atoms with Gasteiger partial charge >= 0.3 is 0 Å². The molecule has 0 saturated heterocycles. The van der Waals surface area contributed by atoms with Crippen molar-refractivity contribution in [1.82, 2.24) is 10.6 Å². The zero-order valence-electron chi connectivity index (χ0n) is 11.6. The van der Waals surface area contributed by atoms with E-state index >= 15 is 0 Å². The summed E-state index contributed by atoms with van der Waals surface area (Å²) in [6.07, 6.45) is 1.46. The van der Waals surface area contributed by atoms with Crippen molar-refractivity contribution < 1.29 is 9.59 Å². The van der Waals surface area contributed by atoms with E-state index in [0.717, 1.165) is 5.56 Å². The van der Waals surface area contributed by atoms with Gasteiger partial charge in [-0.15, -0.1) is 11.3 Å². The number of carbonyl (C=O) groups excluding carboxylic acids is 2. The van der Waals surface area contributed by atoms with Crippen LogP contribution < -0.4 is 10.6 Å². The molecule has 1 aromatic rings. The second kappa shape index (κ2) is 7.09. The highest BCUT2D eigenvalue weighted by Gasteiger charge is 2.13. The van der Waals surface area contributed by atoms with Crippen molar-refractivity contribution in [2.75, 3.05) is 6.54 Å². The van der Waals surface area contributed by atoms with E-state index in [2.05, 4.69) is 37.1 Å². The Morgan fingerprint density at radius 2 is 2.16 bits per heavy atom. The Labute approximate surface area is 117 Å². The summed E-state index contributed by atoms with van der Waals surface area (Å²) in [7, 11) is 0. The Kier molecular flexibility index (Phi) is 5.76. The molecule has 0 radical (unpaired) electrons. The average molecular weight is 280 g/mol. The predicted molar refractivity (Wildman–Crippen MR) is 78.2 cm³/mol. The van der Waals surface area contributed by atoms with Gasteiger partial charge < -0.3 is 10.6 Å². The molecule has 1 unspecified atom stereocenters. The van der Waals surface area contributed by atoms with Gasteiger partial charge in [0.05, 0.1) is 6.04 Å². The highest BCUT2D eigenvalue weighted by Crippen LogP contribution is 2.25. The summed E-state index contributed by atoms with van der Waals surface area (Å²) in [6, 6.07) is 2.09. The average Bonchev–Trinajstić information content (AvgIpc) is 2.68. The molecular weight excluding hydrogens is 260 g/mol. The molecule has 1 atom stereocenters. The van der Waals surface area contributed by atoms with Crippen LogP contribution in [0.2, 0.25) is 0 Å². The van der Waals surface area contributed by atoms with Gasteiger partial charge in [-0.2, -0.15) is 0 Å². The van der Waals surface area contributed by atoms with Gasteiger partial charge in [-0.3, -0.25) is 9.59 Å². The summed E-state index contributed by atoms with van der Waals surface area (Å²) in [6.45, 7) is 9.75. The fraction of sp³-hybridized carbons (Fsp3) is 0.429. The second-order valence-corrected chi connectivity index (χ2v) is 5.86. The van der Waals surface area contributed by atoms with E-state index in [1.54, 1.807) is 11.3 Å². The van der Waals surface area contributed by atoms with E-state index in [-0.39, 0.29) is 24.3 Å². The summed E-state index contributed by atoms with van der Waals surface area (Å²) >= 11 is 1.73. The number of carbonyl (C=O) groups is 2. The van der Waals surface area contributed by atoms with Crippen LogP contribution in [0.5, 0.6) is 0 Å². The maximum absolute atomic E-state index is 11.7. The lowest BCUT2D eigenvalue weighted by molar-refractivity contribution is -0.121. The van der Waals surface area contributed by atoms with Crippen molar-refractivity contribution >= 4 is 23.2 Å². The van der Waals surface area contributed by atoms with Gasteiger partial charge in [0.2, 0.25) is 11.8 Å². The molecule has 104 valence electrons. The van der Waals surface area contributed by atoms with Crippen LogP contribution in [-0.2, 0) is 9.59 Å². The minimum Gasteiger partial charge on any atom is -0.352 e. The predicted octanol–water partition coefficient (Wildman–Crippen LogP) is 2.23. The normalized spacial score (nSPS) is 11.7. The third-order valence-corrected chi connectivity index (χ3v) is 3.74. The minimum atomic E-state index is -0.259. The van der Waals surface area contributed by atoms with Crippen LogP contribution in [-0.4, -0.2) is 18.4 Å². The maximum Gasteiger partial charge on any atom is 0.243 e.